The maximum absolute atomic E-state index is 12.3. The number of thiophene rings is 1. The number of hydrogen-bond acceptors (Lipinski definition) is 5. The standard InChI is InChI=1S/C23H17N3O2S/c24-12-15-4-6-16(7-5-15)17-8-10-18(11-9-17)28-14-22(27)26-23-20(13-25)19-2-1-3-21(19)29-23/h4-11H,1-3,14H2,(H,26,27). The number of anilines is 1. The van der Waals surface area contributed by atoms with E-state index in [2.05, 4.69) is 17.5 Å². The van der Waals surface area contributed by atoms with Crippen molar-refractivity contribution in [1.82, 2.24) is 0 Å². The van der Waals surface area contributed by atoms with Gasteiger partial charge in [0.25, 0.3) is 5.91 Å². The van der Waals surface area contributed by atoms with Crippen LogP contribution >= 0.6 is 11.3 Å². The zero-order valence-electron chi connectivity index (χ0n) is 15.6. The van der Waals surface area contributed by atoms with Gasteiger partial charge in [0.05, 0.1) is 17.2 Å². The van der Waals surface area contributed by atoms with Gasteiger partial charge in [0.1, 0.15) is 16.8 Å². The lowest BCUT2D eigenvalue weighted by molar-refractivity contribution is -0.118. The summed E-state index contributed by atoms with van der Waals surface area (Å²) in [4.78, 5) is 13.5. The Labute approximate surface area is 172 Å². The Bertz CT molecular complexity index is 1130. The maximum atomic E-state index is 12.3. The van der Waals surface area contributed by atoms with E-state index in [0.29, 0.717) is 21.9 Å². The highest BCUT2D eigenvalue weighted by atomic mass is 32.1. The van der Waals surface area contributed by atoms with Crippen molar-refractivity contribution in [2.75, 3.05) is 11.9 Å². The molecule has 1 aromatic heterocycles. The molecule has 0 atom stereocenters. The molecule has 1 aliphatic carbocycles. The molecule has 0 bridgehead atoms. The second-order valence-electron chi connectivity index (χ2n) is 6.72. The van der Waals surface area contributed by atoms with E-state index in [1.165, 1.54) is 16.2 Å². The van der Waals surface area contributed by atoms with E-state index in [9.17, 15) is 10.1 Å². The summed E-state index contributed by atoms with van der Waals surface area (Å²) in [6.45, 7) is -0.121. The van der Waals surface area contributed by atoms with Gasteiger partial charge in [-0.15, -0.1) is 11.3 Å². The van der Waals surface area contributed by atoms with Gasteiger partial charge < -0.3 is 10.1 Å². The summed E-state index contributed by atoms with van der Waals surface area (Å²) in [5.41, 5.74) is 4.31. The van der Waals surface area contributed by atoms with Crippen LogP contribution in [0.25, 0.3) is 11.1 Å². The first-order valence-electron chi connectivity index (χ1n) is 9.26. The van der Waals surface area contributed by atoms with Crippen LogP contribution < -0.4 is 10.1 Å². The molecular weight excluding hydrogens is 382 g/mol. The molecular formula is C23H17N3O2S. The fourth-order valence-corrected chi connectivity index (χ4v) is 4.66. The van der Waals surface area contributed by atoms with E-state index >= 15 is 0 Å². The van der Waals surface area contributed by atoms with E-state index < -0.39 is 0 Å². The molecule has 2 aromatic carbocycles. The highest BCUT2D eigenvalue weighted by Gasteiger charge is 2.23. The lowest BCUT2D eigenvalue weighted by atomic mass is 10.0. The van der Waals surface area contributed by atoms with Gasteiger partial charge in [0, 0.05) is 4.88 Å². The van der Waals surface area contributed by atoms with Crippen LogP contribution in [-0.2, 0) is 17.6 Å². The third kappa shape index (κ3) is 3.99. The predicted molar refractivity (Wildman–Crippen MR) is 112 cm³/mol. The minimum Gasteiger partial charge on any atom is -0.484 e. The van der Waals surface area contributed by atoms with Gasteiger partial charge in [-0.25, -0.2) is 0 Å². The number of carbonyl (C=O) groups excluding carboxylic acids is 1. The van der Waals surface area contributed by atoms with Gasteiger partial charge in [-0.2, -0.15) is 10.5 Å². The molecule has 0 spiro atoms. The quantitative estimate of drug-likeness (QED) is 0.676. The Morgan fingerprint density at radius 1 is 1.00 bits per heavy atom. The molecule has 1 aliphatic rings. The summed E-state index contributed by atoms with van der Waals surface area (Å²) >= 11 is 1.50. The molecule has 1 N–H and O–H groups in total. The maximum Gasteiger partial charge on any atom is 0.262 e. The third-order valence-electron chi connectivity index (χ3n) is 4.86. The van der Waals surface area contributed by atoms with Crippen LogP contribution in [0.3, 0.4) is 0 Å². The largest absolute Gasteiger partial charge is 0.484 e. The Balaban J connectivity index is 1.36. The van der Waals surface area contributed by atoms with Crippen molar-refractivity contribution >= 4 is 22.2 Å². The average molecular weight is 399 g/mol. The lowest BCUT2D eigenvalue weighted by Crippen LogP contribution is -2.20. The van der Waals surface area contributed by atoms with Gasteiger partial charge in [-0.05, 0) is 60.2 Å². The summed E-state index contributed by atoms with van der Waals surface area (Å²) in [5.74, 6) is 0.310. The van der Waals surface area contributed by atoms with E-state index in [1.807, 2.05) is 24.3 Å². The molecule has 6 heteroatoms. The number of nitriles is 2. The van der Waals surface area contributed by atoms with Crippen LogP contribution in [0.2, 0.25) is 0 Å². The highest BCUT2D eigenvalue weighted by Crippen LogP contribution is 2.38. The number of fused-ring (bicyclic) bond motifs is 1. The summed E-state index contributed by atoms with van der Waals surface area (Å²) in [6, 6.07) is 19.1. The van der Waals surface area contributed by atoms with Crippen molar-refractivity contribution in [3.8, 4) is 29.0 Å². The van der Waals surface area contributed by atoms with Gasteiger partial charge in [-0.3, -0.25) is 4.79 Å². The van der Waals surface area contributed by atoms with Gasteiger partial charge in [0.2, 0.25) is 0 Å². The van der Waals surface area contributed by atoms with Crippen molar-refractivity contribution in [3.63, 3.8) is 0 Å². The van der Waals surface area contributed by atoms with Crippen molar-refractivity contribution < 1.29 is 9.53 Å². The number of amides is 1. The van der Waals surface area contributed by atoms with Crippen LogP contribution in [0.1, 0.15) is 28.0 Å². The van der Waals surface area contributed by atoms with Crippen LogP contribution in [0.15, 0.2) is 48.5 Å². The molecule has 0 radical (unpaired) electrons. The second kappa shape index (κ2) is 8.18. The van der Waals surface area contributed by atoms with Crippen LogP contribution in [-0.4, -0.2) is 12.5 Å². The molecule has 5 nitrogen and oxygen atoms in total. The molecule has 0 aliphatic heterocycles. The molecule has 0 fully saturated rings. The molecule has 0 unspecified atom stereocenters. The number of benzene rings is 2. The van der Waals surface area contributed by atoms with E-state index in [4.69, 9.17) is 10.00 Å². The Kier molecular flexibility index (Phi) is 5.29. The van der Waals surface area contributed by atoms with Gasteiger partial charge in [0.15, 0.2) is 6.61 Å². The number of aryl methyl sites for hydroxylation is 1. The Morgan fingerprint density at radius 2 is 1.69 bits per heavy atom. The van der Waals surface area contributed by atoms with Crippen molar-refractivity contribution in [2.24, 2.45) is 0 Å². The molecule has 3 aromatic rings. The summed E-state index contributed by atoms with van der Waals surface area (Å²) in [7, 11) is 0. The number of nitrogens with one attached hydrogen (secondary N) is 1. The molecule has 4 rings (SSSR count). The van der Waals surface area contributed by atoms with E-state index in [0.717, 1.165) is 36.0 Å². The first-order valence-corrected chi connectivity index (χ1v) is 10.1. The first kappa shape index (κ1) is 18.7. The minimum absolute atomic E-state index is 0.121. The number of ether oxygens (including phenoxy) is 1. The molecule has 142 valence electrons. The topological polar surface area (TPSA) is 85.9 Å². The van der Waals surface area contributed by atoms with Crippen molar-refractivity contribution in [3.05, 3.63) is 70.1 Å². The number of nitrogens with zero attached hydrogens (tertiary/aromatic N) is 2. The lowest BCUT2D eigenvalue weighted by Gasteiger charge is -2.08. The van der Waals surface area contributed by atoms with Gasteiger partial charge in [-0.1, -0.05) is 24.3 Å². The normalized spacial score (nSPS) is 11.9. The number of carbonyl (C=O) groups is 1. The molecule has 0 saturated heterocycles. The predicted octanol–water partition coefficient (Wildman–Crippen LogP) is 4.66. The third-order valence-corrected chi connectivity index (χ3v) is 6.06. The van der Waals surface area contributed by atoms with Crippen molar-refractivity contribution in [2.45, 2.75) is 19.3 Å². The number of rotatable bonds is 5. The summed E-state index contributed by atoms with van der Waals surface area (Å²) in [5, 5.41) is 21.7. The summed E-state index contributed by atoms with van der Waals surface area (Å²) < 4.78 is 5.58. The Hall–Kier alpha value is -3.61. The SMILES string of the molecule is N#Cc1ccc(-c2ccc(OCC(=O)Nc3sc4c(c3C#N)CCC4)cc2)cc1. The Morgan fingerprint density at radius 3 is 2.34 bits per heavy atom. The molecule has 0 saturated carbocycles. The fraction of sp³-hybridized carbons (Fsp3) is 0.174. The number of hydrogen-bond donors (Lipinski definition) is 1. The van der Waals surface area contributed by atoms with E-state index in [1.54, 1.807) is 24.3 Å². The zero-order chi connectivity index (χ0) is 20.2. The molecule has 1 amide bonds. The van der Waals surface area contributed by atoms with E-state index in [-0.39, 0.29) is 12.5 Å². The smallest absolute Gasteiger partial charge is 0.262 e. The second-order valence-corrected chi connectivity index (χ2v) is 7.83. The average Bonchev–Trinajstić information content (AvgIpc) is 3.33. The molecule has 29 heavy (non-hydrogen) atoms. The fourth-order valence-electron chi connectivity index (χ4n) is 3.40. The monoisotopic (exact) mass is 399 g/mol. The van der Waals surface area contributed by atoms with Crippen LogP contribution in [0.5, 0.6) is 5.75 Å². The highest BCUT2D eigenvalue weighted by molar-refractivity contribution is 7.16. The minimum atomic E-state index is -0.280. The summed E-state index contributed by atoms with van der Waals surface area (Å²) in [6.07, 6.45) is 2.96. The van der Waals surface area contributed by atoms with Crippen LogP contribution in [0, 0.1) is 22.7 Å². The molecule has 1 heterocycles. The zero-order valence-corrected chi connectivity index (χ0v) is 16.4. The van der Waals surface area contributed by atoms with Gasteiger partial charge >= 0.3 is 0 Å². The van der Waals surface area contributed by atoms with Crippen LogP contribution in [0.4, 0.5) is 5.00 Å². The van der Waals surface area contributed by atoms with Crippen molar-refractivity contribution in [1.29, 1.82) is 10.5 Å². The first-order chi connectivity index (χ1) is 14.2.